The second-order valence-corrected chi connectivity index (χ2v) is 9.34. The molecule has 3 heterocycles. The van der Waals surface area contributed by atoms with Gasteiger partial charge in [0.15, 0.2) is 15.0 Å². The van der Waals surface area contributed by atoms with Crippen LogP contribution in [-0.4, -0.2) is 58.5 Å². The first-order valence-electron chi connectivity index (χ1n) is 7.43. The molecule has 0 spiro atoms. The van der Waals surface area contributed by atoms with Crippen molar-refractivity contribution in [3.05, 3.63) is 30.6 Å². The largest absolute Gasteiger partial charge is 0.341 e. The minimum atomic E-state index is -3.00. The lowest BCUT2D eigenvalue weighted by molar-refractivity contribution is -0.130. The number of nitrogens with zero attached hydrogens (tertiary/aromatic N) is 3. The zero-order chi connectivity index (χ0) is 16.6. The highest BCUT2D eigenvalue weighted by molar-refractivity contribution is 8.00. The highest BCUT2D eigenvalue weighted by atomic mass is 32.2. The van der Waals surface area contributed by atoms with Crippen LogP contribution in [0.1, 0.15) is 13.3 Å². The van der Waals surface area contributed by atoms with Gasteiger partial charge in [0, 0.05) is 19.3 Å². The fourth-order valence-corrected chi connectivity index (χ4v) is 5.51. The lowest BCUT2D eigenvalue weighted by Gasteiger charge is -2.26. The fourth-order valence-electron chi connectivity index (χ4n) is 2.76. The molecule has 6 nitrogen and oxygen atoms in total. The number of hydrogen-bond acceptors (Lipinski definition) is 5. The average Bonchev–Trinajstić information content (AvgIpc) is 3.09. The first-order valence-corrected chi connectivity index (χ1v) is 10.1. The Morgan fingerprint density at radius 3 is 2.96 bits per heavy atom. The Morgan fingerprint density at radius 1 is 1.48 bits per heavy atom. The van der Waals surface area contributed by atoms with Crippen LogP contribution in [0.2, 0.25) is 0 Å². The average molecular weight is 353 g/mol. The van der Waals surface area contributed by atoms with Crippen LogP contribution in [-0.2, 0) is 14.6 Å². The highest BCUT2D eigenvalue weighted by Gasteiger charge is 2.34. The first kappa shape index (κ1) is 16.3. The van der Waals surface area contributed by atoms with Crippen LogP contribution in [0.5, 0.6) is 0 Å². The van der Waals surface area contributed by atoms with Crippen LogP contribution in [0, 0.1) is 0 Å². The maximum atomic E-state index is 12.6. The molecule has 3 rings (SSSR count). The van der Waals surface area contributed by atoms with Crippen molar-refractivity contribution in [2.45, 2.75) is 29.8 Å². The smallest absolute Gasteiger partial charge is 0.235 e. The minimum absolute atomic E-state index is 0.0650. The van der Waals surface area contributed by atoms with Crippen LogP contribution in [0.25, 0.3) is 5.52 Å². The van der Waals surface area contributed by atoms with Crippen molar-refractivity contribution in [3.63, 3.8) is 0 Å². The van der Waals surface area contributed by atoms with Crippen molar-refractivity contribution < 1.29 is 13.2 Å². The summed E-state index contributed by atoms with van der Waals surface area (Å²) in [6, 6.07) is 5.60. The molecule has 0 N–H and O–H groups in total. The van der Waals surface area contributed by atoms with Gasteiger partial charge in [0.1, 0.15) is 0 Å². The third-order valence-electron chi connectivity index (χ3n) is 4.14. The predicted molar refractivity (Wildman–Crippen MR) is 90.3 cm³/mol. The molecule has 124 valence electrons. The van der Waals surface area contributed by atoms with Crippen molar-refractivity contribution in [3.8, 4) is 0 Å². The lowest BCUT2D eigenvalue weighted by atomic mass is 10.2. The normalized spacial score (nSPS) is 21.4. The summed E-state index contributed by atoms with van der Waals surface area (Å²) in [7, 11) is -1.31. The number of carbonyl (C=O) groups excluding carboxylic acids is 1. The van der Waals surface area contributed by atoms with Gasteiger partial charge in [0.05, 0.1) is 28.5 Å². The van der Waals surface area contributed by atoms with Crippen molar-refractivity contribution >= 4 is 33.0 Å². The molecule has 0 aliphatic carbocycles. The Labute approximate surface area is 139 Å². The van der Waals surface area contributed by atoms with E-state index in [0.29, 0.717) is 6.42 Å². The van der Waals surface area contributed by atoms with Gasteiger partial charge in [-0.25, -0.2) is 13.4 Å². The highest BCUT2D eigenvalue weighted by Crippen LogP contribution is 2.26. The molecule has 2 atom stereocenters. The summed E-state index contributed by atoms with van der Waals surface area (Å²) in [5.74, 6) is 0.172. The summed E-state index contributed by atoms with van der Waals surface area (Å²) in [4.78, 5) is 18.5. The van der Waals surface area contributed by atoms with Gasteiger partial charge in [-0.2, -0.15) is 0 Å². The van der Waals surface area contributed by atoms with Gasteiger partial charge in [0.2, 0.25) is 5.91 Å². The van der Waals surface area contributed by atoms with E-state index in [4.69, 9.17) is 0 Å². The topological polar surface area (TPSA) is 71.8 Å². The molecule has 0 aromatic carbocycles. The van der Waals surface area contributed by atoms with E-state index in [9.17, 15) is 13.2 Å². The zero-order valence-corrected chi connectivity index (χ0v) is 14.7. The van der Waals surface area contributed by atoms with Crippen molar-refractivity contribution in [2.75, 3.05) is 18.6 Å². The SMILES string of the molecule is C[C@H](Sc1ncc2ccccn12)C(=O)N(C)[C@@H]1CCS(=O)(=O)C1. The van der Waals surface area contributed by atoms with Gasteiger partial charge >= 0.3 is 0 Å². The van der Waals surface area contributed by atoms with E-state index in [2.05, 4.69) is 4.98 Å². The van der Waals surface area contributed by atoms with Crippen LogP contribution in [0.4, 0.5) is 0 Å². The summed E-state index contributed by atoms with van der Waals surface area (Å²) in [6.45, 7) is 1.83. The Morgan fingerprint density at radius 2 is 2.26 bits per heavy atom. The van der Waals surface area contributed by atoms with E-state index in [-0.39, 0.29) is 28.7 Å². The number of amides is 1. The van der Waals surface area contributed by atoms with Crippen LogP contribution >= 0.6 is 11.8 Å². The number of pyridine rings is 1. The van der Waals surface area contributed by atoms with Crippen molar-refractivity contribution in [2.24, 2.45) is 0 Å². The molecular weight excluding hydrogens is 334 g/mol. The van der Waals surface area contributed by atoms with Gasteiger partial charge in [-0.3, -0.25) is 9.20 Å². The van der Waals surface area contributed by atoms with E-state index in [1.807, 2.05) is 35.7 Å². The molecule has 1 aliphatic heterocycles. The number of rotatable bonds is 4. The number of fused-ring (bicyclic) bond motifs is 1. The third-order valence-corrected chi connectivity index (χ3v) is 6.96. The molecule has 0 radical (unpaired) electrons. The van der Waals surface area contributed by atoms with E-state index in [1.54, 1.807) is 18.1 Å². The van der Waals surface area contributed by atoms with Crippen LogP contribution < -0.4 is 0 Å². The Balaban J connectivity index is 1.70. The van der Waals surface area contributed by atoms with E-state index in [1.165, 1.54) is 11.8 Å². The standard InChI is InChI=1S/C15H19N3O3S2/c1-11(14(19)17(2)13-6-8-23(20,21)10-13)22-15-16-9-12-5-3-4-7-18(12)15/h3-5,7,9,11,13H,6,8,10H2,1-2H3/t11-,13+/m0/s1. The number of carbonyl (C=O) groups is 1. The molecule has 8 heteroatoms. The molecule has 0 unspecified atom stereocenters. The van der Waals surface area contributed by atoms with Gasteiger partial charge in [-0.15, -0.1) is 0 Å². The molecule has 0 saturated carbocycles. The quantitative estimate of drug-likeness (QED) is 0.778. The summed E-state index contributed by atoms with van der Waals surface area (Å²) in [5.41, 5.74) is 0.977. The summed E-state index contributed by atoms with van der Waals surface area (Å²) >= 11 is 1.39. The maximum absolute atomic E-state index is 12.6. The zero-order valence-electron chi connectivity index (χ0n) is 13.0. The summed E-state index contributed by atoms with van der Waals surface area (Å²) < 4.78 is 25.1. The number of hydrogen-bond donors (Lipinski definition) is 0. The molecule has 1 saturated heterocycles. The summed E-state index contributed by atoms with van der Waals surface area (Å²) in [5, 5.41) is 0.433. The number of sulfone groups is 1. The molecule has 23 heavy (non-hydrogen) atoms. The molecular formula is C15H19N3O3S2. The van der Waals surface area contributed by atoms with Crippen molar-refractivity contribution in [1.82, 2.24) is 14.3 Å². The van der Waals surface area contributed by atoms with Crippen LogP contribution in [0.15, 0.2) is 35.7 Å². The predicted octanol–water partition coefficient (Wildman–Crippen LogP) is 1.46. The van der Waals surface area contributed by atoms with Gasteiger partial charge in [0.25, 0.3) is 0 Å². The first-order chi connectivity index (χ1) is 10.9. The monoisotopic (exact) mass is 353 g/mol. The van der Waals surface area contributed by atoms with Crippen LogP contribution in [0.3, 0.4) is 0 Å². The van der Waals surface area contributed by atoms with Gasteiger partial charge in [-0.1, -0.05) is 17.8 Å². The second kappa shape index (κ2) is 6.16. The van der Waals surface area contributed by atoms with E-state index < -0.39 is 9.84 Å². The molecule has 2 aromatic heterocycles. The molecule has 1 amide bonds. The second-order valence-electron chi connectivity index (χ2n) is 5.80. The van der Waals surface area contributed by atoms with E-state index in [0.717, 1.165) is 10.7 Å². The summed E-state index contributed by atoms with van der Waals surface area (Å²) in [6.07, 6.45) is 4.20. The number of imidazole rings is 1. The van der Waals surface area contributed by atoms with Gasteiger partial charge in [-0.05, 0) is 25.5 Å². The van der Waals surface area contributed by atoms with Crippen molar-refractivity contribution in [1.29, 1.82) is 0 Å². The molecule has 2 aromatic rings. The Bertz CT molecular complexity index is 831. The fraction of sp³-hybridized carbons (Fsp3) is 0.467. The molecule has 1 aliphatic rings. The minimum Gasteiger partial charge on any atom is -0.341 e. The maximum Gasteiger partial charge on any atom is 0.235 e. The number of aromatic nitrogens is 2. The third kappa shape index (κ3) is 3.37. The molecule has 1 fully saturated rings. The number of thioether (sulfide) groups is 1. The van der Waals surface area contributed by atoms with E-state index >= 15 is 0 Å². The van der Waals surface area contributed by atoms with Gasteiger partial charge < -0.3 is 4.90 Å². The Kier molecular flexibility index (Phi) is 4.37. The lowest BCUT2D eigenvalue weighted by Crippen LogP contribution is -2.41. The molecule has 0 bridgehead atoms. The Hall–Kier alpha value is -1.54.